The number of ether oxygens (including phenoxy) is 1. The maximum atomic E-state index is 12.2. The summed E-state index contributed by atoms with van der Waals surface area (Å²) in [6.45, 7) is 5.04. The van der Waals surface area contributed by atoms with Crippen LogP contribution in [-0.4, -0.2) is 34.4 Å². The first-order chi connectivity index (χ1) is 9.13. The van der Waals surface area contributed by atoms with Gasteiger partial charge in [-0.3, -0.25) is 9.89 Å². The van der Waals surface area contributed by atoms with E-state index in [0.29, 0.717) is 24.7 Å². The molecule has 0 aliphatic heterocycles. The normalized spacial score (nSPS) is 10.7. The second-order valence-electron chi connectivity index (χ2n) is 4.36. The molecule has 2 N–H and O–H groups in total. The summed E-state index contributed by atoms with van der Waals surface area (Å²) in [6.07, 6.45) is 1.86. The van der Waals surface area contributed by atoms with Crippen molar-refractivity contribution in [3.63, 3.8) is 0 Å². The van der Waals surface area contributed by atoms with Crippen molar-refractivity contribution in [2.24, 2.45) is 0 Å². The van der Waals surface area contributed by atoms with Crippen LogP contribution in [0.3, 0.4) is 0 Å². The van der Waals surface area contributed by atoms with Crippen LogP contribution in [0.5, 0.6) is 0 Å². The highest BCUT2D eigenvalue weighted by molar-refractivity contribution is 6.03. The van der Waals surface area contributed by atoms with E-state index in [2.05, 4.69) is 15.5 Å². The molecule has 2 rings (SSSR count). The molecule has 2 aromatic rings. The highest BCUT2D eigenvalue weighted by Gasteiger charge is 2.14. The quantitative estimate of drug-likeness (QED) is 0.862. The summed E-state index contributed by atoms with van der Waals surface area (Å²) in [5.41, 5.74) is 2.49. The molecule has 6 nitrogen and oxygen atoms in total. The topological polar surface area (TPSA) is 71.9 Å². The average Bonchev–Trinajstić information content (AvgIpc) is 2.98. The number of hydrogen-bond donors (Lipinski definition) is 2. The van der Waals surface area contributed by atoms with Crippen LogP contribution in [0.25, 0.3) is 0 Å². The van der Waals surface area contributed by atoms with Gasteiger partial charge in [-0.1, -0.05) is 0 Å². The number of rotatable bonds is 5. The highest BCUT2D eigenvalue weighted by Crippen LogP contribution is 2.15. The second kappa shape index (κ2) is 5.71. The fourth-order valence-electron chi connectivity index (χ4n) is 1.78. The SMILES string of the molecule is COCCn1cccc1C(=O)Nc1n[nH]c(C)c1C. The Balaban J connectivity index is 2.12. The molecule has 6 heteroatoms. The molecule has 0 aliphatic carbocycles. The van der Waals surface area contributed by atoms with E-state index in [0.717, 1.165) is 11.3 Å². The van der Waals surface area contributed by atoms with E-state index in [4.69, 9.17) is 4.74 Å². The zero-order valence-corrected chi connectivity index (χ0v) is 11.4. The molecule has 0 saturated heterocycles. The summed E-state index contributed by atoms with van der Waals surface area (Å²) in [5, 5.41) is 9.72. The number of aryl methyl sites for hydroxylation is 1. The minimum atomic E-state index is -0.171. The Morgan fingerprint density at radius 1 is 1.53 bits per heavy atom. The largest absolute Gasteiger partial charge is 0.383 e. The lowest BCUT2D eigenvalue weighted by Crippen LogP contribution is -2.18. The molecule has 2 aromatic heterocycles. The Kier molecular flexibility index (Phi) is 4.01. The minimum absolute atomic E-state index is 0.171. The maximum absolute atomic E-state index is 12.2. The summed E-state index contributed by atoms with van der Waals surface area (Å²) in [4.78, 5) is 12.2. The van der Waals surface area contributed by atoms with Gasteiger partial charge in [0.05, 0.1) is 6.61 Å². The van der Waals surface area contributed by atoms with Crippen molar-refractivity contribution >= 4 is 11.7 Å². The van der Waals surface area contributed by atoms with E-state index >= 15 is 0 Å². The third kappa shape index (κ3) is 2.85. The van der Waals surface area contributed by atoms with Crippen molar-refractivity contribution < 1.29 is 9.53 Å². The van der Waals surface area contributed by atoms with Crippen LogP contribution in [0, 0.1) is 13.8 Å². The van der Waals surface area contributed by atoms with E-state index in [1.165, 1.54) is 0 Å². The van der Waals surface area contributed by atoms with Gasteiger partial charge in [-0.2, -0.15) is 5.10 Å². The smallest absolute Gasteiger partial charge is 0.273 e. The Morgan fingerprint density at radius 3 is 2.95 bits per heavy atom. The minimum Gasteiger partial charge on any atom is -0.383 e. The second-order valence-corrected chi connectivity index (χ2v) is 4.36. The molecule has 2 heterocycles. The number of methoxy groups -OCH3 is 1. The maximum Gasteiger partial charge on any atom is 0.273 e. The van der Waals surface area contributed by atoms with Crippen molar-refractivity contribution in [3.05, 3.63) is 35.3 Å². The number of nitrogens with one attached hydrogen (secondary N) is 2. The molecule has 0 spiro atoms. The first-order valence-corrected chi connectivity index (χ1v) is 6.10. The van der Waals surface area contributed by atoms with Gasteiger partial charge in [-0.15, -0.1) is 0 Å². The number of hydrogen-bond acceptors (Lipinski definition) is 3. The summed E-state index contributed by atoms with van der Waals surface area (Å²) in [7, 11) is 1.64. The summed E-state index contributed by atoms with van der Waals surface area (Å²) < 4.78 is 6.88. The van der Waals surface area contributed by atoms with Crippen molar-refractivity contribution in [2.75, 3.05) is 19.0 Å². The number of H-pyrrole nitrogens is 1. The summed E-state index contributed by atoms with van der Waals surface area (Å²) in [5.74, 6) is 0.401. The molecule has 0 unspecified atom stereocenters. The third-order valence-electron chi connectivity index (χ3n) is 3.08. The van der Waals surface area contributed by atoms with Crippen LogP contribution in [0.1, 0.15) is 21.7 Å². The van der Waals surface area contributed by atoms with Crippen molar-refractivity contribution in [1.82, 2.24) is 14.8 Å². The average molecular weight is 262 g/mol. The van der Waals surface area contributed by atoms with Crippen LogP contribution >= 0.6 is 0 Å². The van der Waals surface area contributed by atoms with E-state index in [9.17, 15) is 4.79 Å². The molecule has 1 amide bonds. The number of carbonyl (C=O) groups excluding carboxylic acids is 1. The Hall–Kier alpha value is -2.08. The molecule has 0 atom stereocenters. The predicted octanol–water partition coefficient (Wildman–Crippen LogP) is 1.73. The zero-order chi connectivity index (χ0) is 13.8. The van der Waals surface area contributed by atoms with Crippen LogP contribution in [-0.2, 0) is 11.3 Å². The van der Waals surface area contributed by atoms with Gasteiger partial charge in [0.2, 0.25) is 0 Å². The van der Waals surface area contributed by atoms with Gasteiger partial charge in [0.25, 0.3) is 5.91 Å². The first-order valence-electron chi connectivity index (χ1n) is 6.10. The number of carbonyl (C=O) groups is 1. The van der Waals surface area contributed by atoms with Crippen molar-refractivity contribution in [3.8, 4) is 0 Å². The monoisotopic (exact) mass is 262 g/mol. The van der Waals surface area contributed by atoms with Gasteiger partial charge in [-0.25, -0.2) is 0 Å². The molecule has 0 aromatic carbocycles. The van der Waals surface area contributed by atoms with E-state index in [1.54, 1.807) is 13.2 Å². The number of anilines is 1. The van der Waals surface area contributed by atoms with Gasteiger partial charge in [-0.05, 0) is 26.0 Å². The van der Waals surface area contributed by atoms with E-state index in [1.807, 2.05) is 30.7 Å². The van der Waals surface area contributed by atoms with Gasteiger partial charge in [0, 0.05) is 31.1 Å². The fourth-order valence-corrected chi connectivity index (χ4v) is 1.78. The van der Waals surface area contributed by atoms with Crippen molar-refractivity contribution in [1.29, 1.82) is 0 Å². The number of nitrogens with zero attached hydrogens (tertiary/aromatic N) is 2. The molecule has 102 valence electrons. The number of amides is 1. The molecular formula is C13H18N4O2. The lowest BCUT2D eigenvalue weighted by atomic mass is 10.3. The Bertz CT molecular complexity index is 571. The number of aromatic nitrogens is 3. The highest BCUT2D eigenvalue weighted by atomic mass is 16.5. The lowest BCUT2D eigenvalue weighted by Gasteiger charge is -2.08. The molecular weight excluding hydrogens is 244 g/mol. The molecule has 0 saturated carbocycles. The van der Waals surface area contributed by atoms with Crippen LogP contribution in [0.15, 0.2) is 18.3 Å². The summed E-state index contributed by atoms with van der Waals surface area (Å²) >= 11 is 0. The van der Waals surface area contributed by atoms with Gasteiger partial charge < -0.3 is 14.6 Å². The third-order valence-corrected chi connectivity index (χ3v) is 3.08. The zero-order valence-electron chi connectivity index (χ0n) is 11.4. The predicted molar refractivity (Wildman–Crippen MR) is 72.3 cm³/mol. The van der Waals surface area contributed by atoms with Gasteiger partial charge in [0.15, 0.2) is 5.82 Å². The van der Waals surface area contributed by atoms with Crippen LogP contribution in [0.2, 0.25) is 0 Å². The van der Waals surface area contributed by atoms with E-state index in [-0.39, 0.29) is 5.91 Å². The van der Waals surface area contributed by atoms with Gasteiger partial charge >= 0.3 is 0 Å². The number of aromatic amines is 1. The van der Waals surface area contributed by atoms with E-state index < -0.39 is 0 Å². The van der Waals surface area contributed by atoms with Crippen LogP contribution in [0.4, 0.5) is 5.82 Å². The Morgan fingerprint density at radius 2 is 2.32 bits per heavy atom. The molecule has 0 fully saturated rings. The standard InChI is InChI=1S/C13H18N4O2/c1-9-10(2)15-16-12(9)14-13(18)11-5-4-6-17(11)7-8-19-3/h4-6H,7-8H2,1-3H3,(H2,14,15,16,18). The molecule has 0 radical (unpaired) electrons. The fraction of sp³-hybridized carbons (Fsp3) is 0.385. The molecule has 0 aliphatic rings. The lowest BCUT2D eigenvalue weighted by molar-refractivity contribution is 0.101. The molecule has 0 bridgehead atoms. The Labute approximate surface area is 111 Å². The summed E-state index contributed by atoms with van der Waals surface area (Å²) in [6, 6.07) is 3.62. The molecule has 19 heavy (non-hydrogen) atoms. The van der Waals surface area contributed by atoms with Crippen LogP contribution < -0.4 is 5.32 Å². The van der Waals surface area contributed by atoms with Crippen molar-refractivity contribution in [2.45, 2.75) is 20.4 Å². The first kappa shape index (κ1) is 13.4. The van der Waals surface area contributed by atoms with Gasteiger partial charge in [0.1, 0.15) is 5.69 Å².